The first kappa shape index (κ1) is 10.2. The SMILES string of the molecule is Cc1ncn(-c2nc(N)nc3sccc23)c1C. The molecule has 0 amide bonds. The van der Waals surface area contributed by atoms with Gasteiger partial charge >= 0.3 is 0 Å². The molecule has 3 heterocycles. The Morgan fingerprint density at radius 1 is 1.29 bits per heavy atom. The maximum atomic E-state index is 5.73. The van der Waals surface area contributed by atoms with Crippen LogP contribution in [-0.4, -0.2) is 19.5 Å². The molecule has 0 aliphatic rings. The molecule has 0 radical (unpaired) electrons. The largest absolute Gasteiger partial charge is 0.368 e. The average molecular weight is 245 g/mol. The minimum absolute atomic E-state index is 0.292. The summed E-state index contributed by atoms with van der Waals surface area (Å²) in [5, 5.41) is 2.99. The van der Waals surface area contributed by atoms with Crippen molar-refractivity contribution in [2.24, 2.45) is 0 Å². The zero-order valence-corrected chi connectivity index (χ0v) is 10.3. The van der Waals surface area contributed by atoms with Crippen molar-refractivity contribution >= 4 is 27.5 Å². The molecule has 17 heavy (non-hydrogen) atoms. The molecule has 0 atom stereocenters. The van der Waals surface area contributed by atoms with Crippen molar-refractivity contribution in [3.8, 4) is 5.82 Å². The summed E-state index contributed by atoms with van der Waals surface area (Å²) in [4.78, 5) is 13.7. The van der Waals surface area contributed by atoms with Gasteiger partial charge in [0.25, 0.3) is 0 Å². The number of thiophene rings is 1. The first-order valence-corrected chi connectivity index (χ1v) is 6.06. The van der Waals surface area contributed by atoms with Crippen molar-refractivity contribution in [1.29, 1.82) is 0 Å². The van der Waals surface area contributed by atoms with Crippen LogP contribution in [0.1, 0.15) is 11.4 Å². The molecule has 0 aliphatic heterocycles. The summed E-state index contributed by atoms with van der Waals surface area (Å²) in [5.41, 5.74) is 7.79. The predicted octanol–water partition coefficient (Wildman–Crippen LogP) is 2.08. The smallest absolute Gasteiger partial charge is 0.223 e. The maximum Gasteiger partial charge on any atom is 0.223 e. The third-order valence-corrected chi connectivity index (χ3v) is 3.61. The Labute approximate surface area is 102 Å². The number of fused-ring (bicyclic) bond motifs is 1. The molecule has 0 saturated carbocycles. The number of aromatic nitrogens is 4. The van der Waals surface area contributed by atoms with Crippen LogP contribution in [0.2, 0.25) is 0 Å². The van der Waals surface area contributed by atoms with Crippen LogP contribution in [0.25, 0.3) is 16.0 Å². The molecule has 2 N–H and O–H groups in total. The number of aryl methyl sites for hydroxylation is 1. The highest BCUT2D eigenvalue weighted by atomic mass is 32.1. The molecule has 86 valence electrons. The molecule has 0 bridgehead atoms. The van der Waals surface area contributed by atoms with E-state index in [-0.39, 0.29) is 0 Å². The lowest BCUT2D eigenvalue weighted by Crippen LogP contribution is -2.03. The van der Waals surface area contributed by atoms with E-state index in [1.54, 1.807) is 17.7 Å². The van der Waals surface area contributed by atoms with Crippen LogP contribution < -0.4 is 5.73 Å². The number of nitrogens with zero attached hydrogens (tertiary/aromatic N) is 4. The van der Waals surface area contributed by atoms with Crippen LogP contribution in [0.4, 0.5) is 5.95 Å². The van der Waals surface area contributed by atoms with E-state index < -0.39 is 0 Å². The van der Waals surface area contributed by atoms with Crippen molar-refractivity contribution in [2.75, 3.05) is 5.73 Å². The van der Waals surface area contributed by atoms with Gasteiger partial charge in [0, 0.05) is 5.69 Å². The van der Waals surface area contributed by atoms with E-state index in [0.29, 0.717) is 5.95 Å². The predicted molar refractivity (Wildman–Crippen MR) is 68.4 cm³/mol. The van der Waals surface area contributed by atoms with Gasteiger partial charge in [-0.2, -0.15) is 4.98 Å². The summed E-state index contributed by atoms with van der Waals surface area (Å²) in [6.45, 7) is 3.99. The Balaban J connectivity index is 2.36. The van der Waals surface area contributed by atoms with Crippen LogP contribution in [-0.2, 0) is 0 Å². The molecule has 0 aromatic carbocycles. The zero-order valence-electron chi connectivity index (χ0n) is 9.51. The van der Waals surface area contributed by atoms with E-state index in [1.807, 2.05) is 29.9 Å². The van der Waals surface area contributed by atoms with E-state index in [9.17, 15) is 0 Å². The molecule has 3 aromatic heterocycles. The van der Waals surface area contributed by atoms with Gasteiger partial charge in [-0.3, -0.25) is 4.57 Å². The Hall–Kier alpha value is -1.95. The highest BCUT2D eigenvalue weighted by Crippen LogP contribution is 2.25. The second-order valence-corrected chi connectivity index (χ2v) is 4.72. The fourth-order valence-electron chi connectivity index (χ4n) is 1.75. The third kappa shape index (κ3) is 1.49. The normalized spacial score (nSPS) is 11.2. The molecule has 0 unspecified atom stereocenters. The fourth-order valence-corrected chi connectivity index (χ4v) is 2.52. The summed E-state index contributed by atoms with van der Waals surface area (Å²) in [6.07, 6.45) is 1.77. The minimum atomic E-state index is 0.292. The minimum Gasteiger partial charge on any atom is -0.368 e. The summed E-state index contributed by atoms with van der Waals surface area (Å²) in [7, 11) is 0. The van der Waals surface area contributed by atoms with Gasteiger partial charge in [-0.05, 0) is 25.3 Å². The van der Waals surface area contributed by atoms with Crippen LogP contribution >= 0.6 is 11.3 Å². The van der Waals surface area contributed by atoms with Gasteiger partial charge in [-0.25, -0.2) is 9.97 Å². The van der Waals surface area contributed by atoms with E-state index in [1.165, 1.54) is 0 Å². The number of nitrogens with two attached hydrogens (primary N) is 1. The standard InChI is InChI=1S/C11H11N5S/c1-6-7(2)16(5-13-6)9-8-3-4-17-10(8)15-11(12)14-9/h3-5H,1-2H3,(H2,12,14,15). The summed E-state index contributed by atoms with van der Waals surface area (Å²) < 4.78 is 1.95. The lowest BCUT2D eigenvalue weighted by molar-refractivity contribution is 0.958. The van der Waals surface area contributed by atoms with Gasteiger partial charge in [0.05, 0.1) is 11.1 Å². The average Bonchev–Trinajstić information content (AvgIpc) is 2.87. The molecular weight excluding hydrogens is 234 g/mol. The molecular formula is C11H11N5S. The van der Waals surface area contributed by atoms with Gasteiger partial charge in [-0.15, -0.1) is 11.3 Å². The highest BCUT2D eigenvalue weighted by molar-refractivity contribution is 7.16. The van der Waals surface area contributed by atoms with Crippen molar-refractivity contribution < 1.29 is 0 Å². The van der Waals surface area contributed by atoms with Crippen LogP contribution in [0.5, 0.6) is 0 Å². The Morgan fingerprint density at radius 2 is 2.12 bits per heavy atom. The van der Waals surface area contributed by atoms with Crippen LogP contribution in [0.3, 0.4) is 0 Å². The van der Waals surface area contributed by atoms with E-state index in [4.69, 9.17) is 5.73 Å². The van der Waals surface area contributed by atoms with Gasteiger partial charge < -0.3 is 5.73 Å². The topological polar surface area (TPSA) is 69.6 Å². The first-order chi connectivity index (χ1) is 8.16. The van der Waals surface area contributed by atoms with Gasteiger partial charge in [0.15, 0.2) is 5.82 Å². The molecule has 5 nitrogen and oxygen atoms in total. The van der Waals surface area contributed by atoms with Crippen molar-refractivity contribution in [1.82, 2.24) is 19.5 Å². The quantitative estimate of drug-likeness (QED) is 0.712. The van der Waals surface area contributed by atoms with Crippen molar-refractivity contribution in [2.45, 2.75) is 13.8 Å². The Kier molecular flexibility index (Phi) is 2.12. The summed E-state index contributed by atoms with van der Waals surface area (Å²) in [6, 6.07) is 2.00. The lowest BCUT2D eigenvalue weighted by atomic mass is 10.3. The lowest BCUT2D eigenvalue weighted by Gasteiger charge is -2.06. The summed E-state index contributed by atoms with van der Waals surface area (Å²) in [5.74, 6) is 1.09. The van der Waals surface area contributed by atoms with E-state index >= 15 is 0 Å². The monoisotopic (exact) mass is 245 g/mol. The molecule has 3 rings (SSSR count). The number of hydrogen-bond donors (Lipinski definition) is 1. The second-order valence-electron chi connectivity index (χ2n) is 3.83. The summed E-state index contributed by atoms with van der Waals surface area (Å²) >= 11 is 1.56. The van der Waals surface area contributed by atoms with Gasteiger partial charge in [0.1, 0.15) is 11.2 Å². The third-order valence-electron chi connectivity index (χ3n) is 2.80. The Morgan fingerprint density at radius 3 is 2.82 bits per heavy atom. The molecule has 0 spiro atoms. The number of nitrogen functional groups attached to an aromatic ring is 1. The first-order valence-electron chi connectivity index (χ1n) is 5.18. The fraction of sp³-hybridized carbons (Fsp3) is 0.182. The van der Waals surface area contributed by atoms with Gasteiger partial charge in [-0.1, -0.05) is 0 Å². The molecule has 0 saturated heterocycles. The zero-order chi connectivity index (χ0) is 12.0. The molecule has 3 aromatic rings. The maximum absolute atomic E-state index is 5.73. The van der Waals surface area contributed by atoms with E-state index in [0.717, 1.165) is 27.4 Å². The number of rotatable bonds is 1. The van der Waals surface area contributed by atoms with E-state index in [2.05, 4.69) is 15.0 Å². The van der Waals surface area contributed by atoms with Crippen molar-refractivity contribution in [3.63, 3.8) is 0 Å². The van der Waals surface area contributed by atoms with Crippen molar-refractivity contribution in [3.05, 3.63) is 29.2 Å². The number of anilines is 1. The van der Waals surface area contributed by atoms with Crippen LogP contribution in [0, 0.1) is 13.8 Å². The van der Waals surface area contributed by atoms with Gasteiger partial charge in [0.2, 0.25) is 5.95 Å². The molecule has 0 aliphatic carbocycles. The highest BCUT2D eigenvalue weighted by Gasteiger charge is 2.12. The number of imidazole rings is 1. The Bertz CT molecular complexity index is 697. The van der Waals surface area contributed by atoms with Crippen LogP contribution in [0.15, 0.2) is 17.8 Å². The molecule has 6 heteroatoms. The number of hydrogen-bond acceptors (Lipinski definition) is 5. The second kappa shape index (κ2) is 3.53. The molecule has 0 fully saturated rings.